The molecule has 0 unspecified atom stereocenters. The number of halogens is 1. The van der Waals surface area contributed by atoms with Crippen molar-refractivity contribution in [1.29, 1.82) is 0 Å². The zero-order valence-corrected chi connectivity index (χ0v) is 17.9. The standard InChI is InChI=1S/C21H16ClN5O4S/c22-15-5-7-16(8-6-15)26-32(30,31)21-11-17(27(28)29)9-10-20(21)25-24-13-14-12-23-19-4-2-1-3-18(14)19/h1-13,23,25-26H/b24-13-. The number of nitro benzene ring substituents is 1. The number of aromatic amines is 1. The smallest absolute Gasteiger partial charge is 0.270 e. The number of H-pyrrole nitrogens is 1. The van der Waals surface area contributed by atoms with Crippen LogP contribution in [-0.4, -0.2) is 24.5 Å². The molecule has 0 radical (unpaired) electrons. The van der Waals surface area contributed by atoms with Gasteiger partial charge in [0, 0.05) is 45.5 Å². The highest BCUT2D eigenvalue weighted by Gasteiger charge is 2.22. The van der Waals surface area contributed by atoms with Gasteiger partial charge >= 0.3 is 0 Å². The van der Waals surface area contributed by atoms with Gasteiger partial charge in [0.05, 0.1) is 16.8 Å². The van der Waals surface area contributed by atoms with Crippen LogP contribution in [0.25, 0.3) is 10.9 Å². The van der Waals surface area contributed by atoms with Crippen molar-refractivity contribution in [3.63, 3.8) is 0 Å². The van der Waals surface area contributed by atoms with Crippen LogP contribution in [0.2, 0.25) is 5.02 Å². The number of aromatic nitrogens is 1. The number of nitro groups is 1. The van der Waals surface area contributed by atoms with E-state index in [-0.39, 0.29) is 22.0 Å². The Morgan fingerprint density at radius 2 is 1.81 bits per heavy atom. The van der Waals surface area contributed by atoms with Gasteiger partial charge in [0.1, 0.15) is 4.90 Å². The molecule has 0 atom stereocenters. The molecule has 0 aliphatic rings. The molecule has 0 saturated heterocycles. The van der Waals surface area contributed by atoms with Crippen molar-refractivity contribution in [1.82, 2.24) is 4.98 Å². The molecule has 3 aromatic carbocycles. The molecule has 0 aliphatic heterocycles. The van der Waals surface area contributed by atoms with Crippen LogP contribution in [0.4, 0.5) is 17.1 Å². The summed E-state index contributed by atoms with van der Waals surface area (Å²) in [4.78, 5) is 13.3. The van der Waals surface area contributed by atoms with Gasteiger partial charge in [-0.25, -0.2) is 8.42 Å². The third-order valence-electron chi connectivity index (χ3n) is 4.57. The van der Waals surface area contributed by atoms with Gasteiger partial charge in [-0.15, -0.1) is 0 Å². The minimum absolute atomic E-state index is 0.0770. The van der Waals surface area contributed by atoms with Crippen LogP contribution < -0.4 is 10.1 Å². The van der Waals surface area contributed by atoms with Crippen molar-refractivity contribution in [2.45, 2.75) is 4.90 Å². The largest absolute Gasteiger partial charge is 0.361 e. The second-order valence-electron chi connectivity index (χ2n) is 6.71. The lowest BCUT2D eigenvalue weighted by molar-refractivity contribution is -0.385. The third kappa shape index (κ3) is 4.56. The Morgan fingerprint density at radius 1 is 1.06 bits per heavy atom. The lowest BCUT2D eigenvalue weighted by Gasteiger charge is -2.12. The number of nitrogens with one attached hydrogen (secondary N) is 3. The molecule has 1 aromatic heterocycles. The van der Waals surface area contributed by atoms with Gasteiger partial charge in [-0.3, -0.25) is 20.3 Å². The average molecular weight is 470 g/mol. The topological polar surface area (TPSA) is 129 Å². The Morgan fingerprint density at radius 3 is 2.56 bits per heavy atom. The molecule has 32 heavy (non-hydrogen) atoms. The molecule has 11 heteroatoms. The Balaban J connectivity index is 1.66. The van der Waals surface area contributed by atoms with E-state index in [0.29, 0.717) is 5.02 Å². The fraction of sp³-hybridized carbons (Fsp3) is 0. The van der Waals surface area contributed by atoms with E-state index in [2.05, 4.69) is 20.2 Å². The first-order valence-corrected chi connectivity index (χ1v) is 11.1. The first-order chi connectivity index (χ1) is 15.3. The van der Waals surface area contributed by atoms with Crippen LogP contribution in [-0.2, 0) is 10.0 Å². The molecular formula is C21H16ClN5O4S. The van der Waals surface area contributed by atoms with Gasteiger partial charge in [0.15, 0.2) is 0 Å². The van der Waals surface area contributed by atoms with E-state index in [1.165, 1.54) is 42.6 Å². The highest BCUT2D eigenvalue weighted by Crippen LogP contribution is 2.29. The number of hydrogen-bond acceptors (Lipinski definition) is 6. The molecule has 4 aromatic rings. The fourth-order valence-electron chi connectivity index (χ4n) is 3.04. The Kier molecular flexibility index (Phi) is 5.80. The predicted octanol–water partition coefficient (Wildman–Crippen LogP) is 4.98. The van der Waals surface area contributed by atoms with Crippen LogP contribution in [0.3, 0.4) is 0 Å². The predicted molar refractivity (Wildman–Crippen MR) is 125 cm³/mol. The highest BCUT2D eigenvalue weighted by molar-refractivity contribution is 7.92. The number of hydrogen-bond donors (Lipinski definition) is 3. The Bertz CT molecular complexity index is 1430. The number of non-ortho nitro benzene ring substituents is 1. The number of para-hydroxylation sites is 1. The number of sulfonamides is 1. The lowest BCUT2D eigenvalue weighted by Crippen LogP contribution is -2.15. The minimum Gasteiger partial charge on any atom is -0.361 e. The molecule has 0 spiro atoms. The van der Waals surface area contributed by atoms with Crippen molar-refractivity contribution < 1.29 is 13.3 Å². The summed E-state index contributed by atoms with van der Waals surface area (Å²) >= 11 is 5.84. The number of anilines is 2. The van der Waals surface area contributed by atoms with E-state index >= 15 is 0 Å². The summed E-state index contributed by atoms with van der Waals surface area (Å²) < 4.78 is 28.4. The molecule has 0 fully saturated rings. The number of benzene rings is 3. The molecular weight excluding hydrogens is 454 g/mol. The molecule has 0 bridgehead atoms. The van der Waals surface area contributed by atoms with Gasteiger partial charge in [0.25, 0.3) is 15.7 Å². The quantitative estimate of drug-likeness (QED) is 0.200. The molecule has 0 saturated carbocycles. The number of hydrazone groups is 1. The summed E-state index contributed by atoms with van der Waals surface area (Å²) in [5.41, 5.74) is 4.36. The summed E-state index contributed by atoms with van der Waals surface area (Å²) in [5.74, 6) is 0. The first kappa shape index (κ1) is 21.3. The second kappa shape index (κ2) is 8.69. The molecule has 162 valence electrons. The fourth-order valence-corrected chi connectivity index (χ4v) is 4.40. The monoisotopic (exact) mass is 469 g/mol. The molecule has 0 aliphatic carbocycles. The van der Waals surface area contributed by atoms with Gasteiger partial charge in [-0.1, -0.05) is 29.8 Å². The summed E-state index contributed by atoms with van der Waals surface area (Å²) in [6.07, 6.45) is 3.30. The van der Waals surface area contributed by atoms with E-state index in [4.69, 9.17) is 11.6 Å². The maximum Gasteiger partial charge on any atom is 0.270 e. The van der Waals surface area contributed by atoms with Gasteiger partial charge < -0.3 is 4.98 Å². The first-order valence-electron chi connectivity index (χ1n) is 9.25. The summed E-state index contributed by atoms with van der Waals surface area (Å²) in [5, 5.41) is 16.7. The van der Waals surface area contributed by atoms with Crippen LogP contribution in [0.1, 0.15) is 5.56 Å². The number of nitrogens with zero attached hydrogens (tertiary/aromatic N) is 2. The molecule has 1 heterocycles. The summed E-state index contributed by atoms with van der Waals surface area (Å²) in [6.45, 7) is 0. The normalized spacial score (nSPS) is 11.7. The highest BCUT2D eigenvalue weighted by atomic mass is 35.5. The third-order valence-corrected chi connectivity index (χ3v) is 6.25. The van der Waals surface area contributed by atoms with E-state index in [0.717, 1.165) is 22.5 Å². The molecule has 3 N–H and O–H groups in total. The van der Waals surface area contributed by atoms with Crippen molar-refractivity contribution in [2.75, 3.05) is 10.1 Å². The van der Waals surface area contributed by atoms with E-state index < -0.39 is 14.9 Å². The second-order valence-corrected chi connectivity index (χ2v) is 8.80. The van der Waals surface area contributed by atoms with E-state index in [1.54, 1.807) is 6.20 Å². The van der Waals surface area contributed by atoms with Gasteiger partial charge in [0.2, 0.25) is 0 Å². The summed E-state index contributed by atoms with van der Waals surface area (Å²) in [6, 6.07) is 17.1. The SMILES string of the molecule is O=[N+]([O-])c1ccc(N/N=C\c2c[nH]c3ccccc23)c(S(=O)(=O)Nc2ccc(Cl)cc2)c1. The maximum absolute atomic E-state index is 13.0. The van der Waals surface area contributed by atoms with Crippen LogP contribution in [0.5, 0.6) is 0 Å². The molecule has 0 amide bonds. The average Bonchev–Trinajstić information content (AvgIpc) is 3.18. The zero-order chi connectivity index (χ0) is 22.7. The Hall–Kier alpha value is -3.89. The van der Waals surface area contributed by atoms with Crippen LogP contribution in [0, 0.1) is 10.1 Å². The number of rotatable bonds is 7. The van der Waals surface area contributed by atoms with Crippen molar-refractivity contribution in [3.8, 4) is 0 Å². The van der Waals surface area contributed by atoms with Crippen LogP contribution >= 0.6 is 11.6 Å². The molecule has 9 nitrogen and oxygen atoms in total. The van der Waals surface area contributed by atoms with Crippen molar-refractivity contribution in [2.24, 2.45) is 5.10 Å². The number of fused-ring (bicyclic) bond motifs is 1. The van der Waals surface area contributed by atoms with E-state index in [1.807, 2.05) is 24.3 Å². The Labute approximate surface area is 187 Å². The summed E-state index contributed by atoms with van der Waals surface area (Å²) in [7, 11) is -4.17. The van der Waals surface area contributed by atoms with Crippen molar-refractivity contribution >= 4 is 55.8 Å². The zero-order valence-electron chi connectivity index (χ0n) is 16.3. The van der Waals surface area contributed by atoms with Gasteiger partial charge in [-0.05, 0) is 36.4 Å². The van der Waals surface area contributed by atoms with Gasteiger partial charge in [-0.2, -0.15) is 5.10 Å². The van der Waals surface area contributed by atoms with Crippen molar-refractivity contribution in [3.05, 3.63) is 93.6 Å². The minimum atomic E-state index is -4.17. The van der Waals surface area contributed by atoms with Crippen LogP contribution in [0.15, 0.2) is 82.9 Å². The van der Waals surface area contributed by atoms with E-state index in [9.17, 15) is 18.5 Å². The maximum atomic E-state index is 13.0. The molecule has 4 rings (SSSR count). The lowest BCUT2D eigenvalue weighted by atomic mass is 10.2.